The van der Waals surface area contributed by atoms with Gasteiger partial charge in [0.1, 0.15) is 0 Å². The van der Waals surface area contributed by atoms with Crippen LogP contribution in [0.4, 0.5) is 0 Å². The zero-order valence-corrected chi connectivity index (χ0v) is 9.55. The van der Waals surface area contributed by atoms with Crippen LogP contribution in [0.3, 0.4) is 0 Å². The van der Waals surface area contributed by atoms with E-state index in [9.17, 15) is 13.5 Å². The number of hydrogen-bond donors (Lipinski definition) is 2. The van der Waals surface area contributed by atoms with Gasteiger partial charge in [-0.2, -0.15) is 5.26 Å². The third-order valence-corrected chi connectivity index (χ3v) is 4.51. The fourth-order valence-corrected chi connectivity index (χ4v) is 2.73. The van der Waals surface area contributed by atoms with Crippen molar-refractivity contribution in [1.29, 1.82) is 5.26 Å². The van der Waals surface area contributed by atoms with Gasteiger partial charge < -0.3 is 5.11 Å². The highest BCUT2D eigenvalue weighted by atomic mass is 32.2. The third kappa shape index (κ3) is 2.91. The van der Waals surface area contributed by atoms with Crippen LogP contribution in [0.5, 0.6) is 0 Å². The lowest BCUT2D eigenvalue weighted by atomic mass is 9.81. The second kappa shape index (κ2) is 4.47. The molecule has 0 heterocycles. The van der Waals surface area contributed by atoms with Crippen LogP contribution in [-0.4, -0.2) is 30.9 Å². The SMILES string of the molecule is CCC(C#N)S(=O)(=O)NCC1(O)CCC1. The van der Waals surface area contributed by atoms with Gasteiger partial charge in [0.2, 0.25) is 10.0 Å². The summed E-state index contributed by atoms with van der Waals surface area (Å²) in [5.41, 5.74) is -0.888. The zero-order chi connectivity index (χ0) is 11.5. The molecule has 0 aromatic carbocycles. The molecule has 6 heteroatoms. The topological polar surface area (TPSA) is 90.2 Å². The fourth-order valence-electron chi connectivity index (χ4n) is 1.48. The molecular weight excluding hydrogens is 216 g/mol. The van der Waals surface area contributed by atoms with E-state index in [2.05, 4.69) is 4.72 Å². The van der Waals surface area contributed by atoms with Crippen LogP contribution in [-0.2, 0) is 10.0 Å². The Balaban J connectivity index is 2.53. The Labute approximate surface area is 90.2 Å². The standard InChI is InChI=1S/C9H16N2O3S/c1-2-8(6-10)15(13,14)11-7-9(12)4-3-5-9/h8,11-12H,2-5,7H2,1H3. The van der Waals surface area contributed by atoms with Crippen molar-refractivity contribution in [2.45, 2.75) is 43.5 Å². The average molecular weight is 232 g/mol. The van der Waals surface area contributed by atoms with E-state index in [1.165, 1.54) is 0 Å². The minimum Gasteiger partial charge on any atom is -0.389 e. The summed E-state index contributed by atoms with van der Waals surface area (Å²) >= 11 is 0. The summed E-state index contributed by atoms with van der Waals surface area (Å²) in [6.07, 6.45) is 2.43. The average Bonchev–Trinajstić information content (AvgIpc) is 2.13. The van der Waals surface area contributed by atoms with Gasteiger partial charge in [-0.05, 0) is 25.7 Å². The summed E-state index contributed by atoms with van der Waals surface area (Å²) in [4.78, 5) is 0. The zero-order valence-electron chi connectivity index (χ0n) is 8.73. The Kier molecular flexibility index (Phi) is 3.71. The van der Waals surface area contributed by atoms with Crippen LogP contribution >= 0.6 is 0 Å². The van der Waals surface area contributed by atoms with Crippen molar-refractivity contribution >= 4 is 10.0 Å². The molecule has 0 amide bonds. The largest absolute Gasteiger partial charge is 0.389 e. The van der Waals surface area contributed by atoms with Gasteiger partial charge in [-0.15, -0.1) is 0 Å². The van der Waals surface area contributed by atoms with Crippen molar-refractivity contribution in [3.63, 3.8) is 0 Å². The van der Waals surface area contributed by atoms with E-state index in [0.29, 0.717) is 12.8 Å². The van der Waals surface area contributed by atoms with Crippen LogP contribution in [0.2, 0.25) is 0 Å². The van der Waals surface area contributed by atoms with E-state index in [1.807, 2.05) is 0 Å². The summed E-state index contributed by atoms with van der Waals surface area (Å²) in [7, 11) is -3.60. The smallest absolute Gasteiger partial charge is 0.228 e. The number of hydrogen-bond acceptors (Lipinski definition) is 4. The lowest BCUT2D eigenvalue weighted by molar-refractivity contribution is -0.0271. The minimum absolute atomic E-state index is 0.0213. The molecule has 2 N–H and O–H groups in total. The molecule has 0 saturated heterocycles. The molecule has 0 radical (unpaired) electrons. The molecule has 1 aliphatic rings. The first-order chi connectivity index (χ1) is 6.93. The van der Waals surface area contributed by atoms with Gasteiger partial charge in [0, 0.05) is 6.54 Å². The lowest BCUT2D eigenvalue weighted by Crippen LogP contribution is -2.49. The Morgan fingerprint density at radius 3 is 2.53 bits per heavy atom. The fraction of sp³-hybridized carbons (Fsp3) is 0.889. The Bertz CT molecular complexity index is 354. The van der Waals surface area contributed by atoms with Crippen LogP contribution in [0.25, 0.3) is 0 Å². The number of aliphatic hydroxyl groups is 1. The summed E-state index contributed by atoms with van der Waals surface area (Å²) in [5.74, 6) is 0. The molecule has 1 saturated carbocycles. The van der Waals surface area contributed by atoms with E-state index in [-0.39, 0.29) is 13.0 Å². The van der Waals surface area contributed by atoms with Gasteiger partial charge in [-0.25, -0.2) is 13.1 Å². The first-order valence-corrected chi connectivity index (χ1v) is 6.58. The number of nitrogens with one attached hydrogen (secondary N) is 1. The molecule has 0 bridgehead atoms. The van der Waals surface area contributed by atoms with Crippen LogP contribution < -0.4 is 4.72 Å². The maximum absolute atomic E-state index is 11.5. The van der Waals surface area contributed by atoms with Crippen LogP contribution in [0.1, 0.15) is 32.6 Å². The highest BCUT2D eigenvalue weighted by Gasteiger charge is 2.36. The Hall–Kier alpha value is -0.640. The van der Waals surface area contributed by atoms with Gasteiger partial charge in [0.05, 0.1) is 11.7 Å². The summed E-state index contributed by atoms with van der Waals surface area (Å²) in [6, 6.07) is 1.73. The molecule has 0 aliphatic heterocycles. The number of nitrogens with zero attached hydrogens (tertiary/aromatic N) is 1. The van der Waals surface area contributed by atoms with E-state index in [0.717, 1.165) is 6.42 Å². The Morgan fingerprint density at radius 1 is 1.60 bits per heavy atom. The molecule has 1 fully saturated rings. The second-order valence-corrected chi connectivity index (χ2v) is 5.92. The van der Waals surface area contributed by atoms with Gasteiger partial charge in [-0.3, -0.25) is 0 Å². The van der Waals surface area contributed by atoms with Crippen molar-refractivity contribution < 1.29 is 13.5 Å². The van der Waals surface area contributed by atoms with Crippen LogP contribution in [0, 0.1) is 11.3 Å². The quantitative estimate of drug-likeness (QED) is 0.704. The number of nitriles is 1. The van der Waals surface area contributed by atoms with Gasteiger partial charge >= 0.3 is 0 Å². The molecule has 0 aromatic rings. The van der Waals surface area contributed by atoms with E-state index < -0.39 is 20.9 Å². The molecule has 86 valence electrons. The molecule has 15 heavy (non-hydrogen) atoms. The monoisotopic (exact) mass is 232 g/mol. The van der Waals surface area contributed by atoms with Crippen molar-refractivity contribution in [3.8, 4) is 6.07 Å². The number of sulfonamides is 1. The summed E-state index contributed by atoms with van der Waals surface area (Å²) in [5, 5.41) is 17.3. The van der Waals surface area contributed by atoms with Crippen molar-refractivity contribution in [2.75, 3.05) is 6.54 Å². The molecule has 0 aromatic heterocycles. The summed E-state index contributed by atoms with van der Waals surface area (Å²) in [6.45, 7) is 1.67. The first-order valence-electron chi connectivity index (χ1n) is 5.04. The van der Waals surface area contributed by atoms with Gasteiger partial charge in [-0.1, -0.05) is 6.92 Å². The van der Waals surface area contributed by atoms with E-state index >= 15 is 0 Å². The number of rotatable bonds is 5. The molecule has 1 rings (SSSR count). The predicted octanol–water partition coefficient (Wildman–Crippen LogP) is 0.123. The summed E-state index contributed by atoms with van der Waals surface area (Å²) < 4.78 is 25.4. The normalized spacial score (nSPS) is 21.4. The first kappa shape index (κ1) is 12.4. The van der Waals surface area contributed by atoms with Crippen molar-refractivity contribution in [2.24, 2.45) is 0 Å². The van der Waals surface area contributed by atoms with Crippen molar-refractivity contribution in [3.05, 3.63) is 0 Å². The molecule has 0 spiro atoms. The third-order valence-electron chi connectivity index (χ3n) is 2.78. The maximum atomic E-state index is 11.5. The highest BCUT2D eigenvalue weighted by Crippen LogP contribution is 2.30. The second-order valence-electron chi connectivity index (χ2n) is 3.97. The highest BCUT2D eigenvalue weighted by molar-refractivity contribution is 7.90. The predicted molar refractivity (Wildman–Crippen MR) is 55.4 cm³/mol. The van der Waals surface area contributed by atoms with E-state index in [1.54, 1.807) is 13.0 Å². The van der Waals surface area contributed by atoms with Gasteiger partial charge in [0.25, 0.3) is 0 Å². The molecule has 1 aliphatic carbocycles. The molecule has 5 nitrogen and oxygen atoms in total. The molecule has 1 unspecified atom stereocenters. The minimum atomic E-state index is -3.60. The van der Waals surface area contributed by atoms with Crippen LogP contribution in [0.15, 0.2) is 0 Å². The lowest BCUT2D eigenvalue weighted by Gasteiger charge is -2.36. The Morgan fingerprint density at radius 2 is 2.20 bits per heavy atom. The van der Waals surface area contributed by atoms with Crippen molar-refractivity contribution in [1.82, 2.24) is 4.72 Å². The van der Waals surface area contributed by atoms with E-state index in [4.69, 9.17) is 5.26 Å². The molecular formula is C9H16N2O3S. The van der Waals surface area contributed by atoms with Gasteiger partial charge in [0.15, 0.2) is 5.25 Å². The molecule has 1 atom stereocenters. The maximum Gasteiger partial charge on any atom is 0.228 e.